The Labute approximate surface area is 139 Å². The van der Waals surface area contributed by atoms with Gasteiger partial charge in [0.15, 0.2) is 5.58 Å². The number of aryl methyl sites for hydroxylation is 1. The van der Waals surface area contributed by atoms with Crippen molar-refractivity contribution in [1.29, 1.82) is 0 Å². The smallest absolute Gasteiger partial charge is 0.298 e. The lowest BCUT2D eigenvalue weighted by molar-refractivity contribution is 0.373. The van der Waals surface area contributed by atoms with Gasteiger partial charge in [0, 0.05) is 39.4 Å². The van der Waals surface area contributed by atoms with Crippen LogP contribution in [0.5, 0.6) is 0 Å². The Bertz CT molecular complexity index is 937. The van der Waals surface area contributed by atoms with Gasteiger partial charge in [0.1, 0.15) is 10.4 Å². The molecule has 2 aromatic heterocycles. The number of rotatable bonds is 3. The monoisotopic (exact) mass is 347 g/mol. The van der Waals surface area contributed by atoms with Gasteiger partial charge in [-0.15, -0.1) is 0 Å². The molecule has 0 saturated carbocycles. The second-order valence-corrected chi connectivity index (χ2v) is 7.64. The Balaban J connectivity index is 1.50. The van der Waals surface area contributed by atoms with Crippen molar-refractivity contribution < 1.29 is 12.8 Å². The Morgan fingerprint density at radius 1 is 1.12 bits per heavy atom. The molecule has 0 atom stereocenters. The van der Waals surface area contributed by atoms with Crippen molar-refractivity contribution in [2.75, 3.05) is 31.1 Å². The molecule has 0 spiro atoms. The zero-order chi connectivity index (χ0) is 16.7. The summed E-state index contributed by atoms with van der Waals surface area (Å²) < 4.78 is 33.9. The molecule has 1 fully saturated rings. The molecule has 126 valence electrons. The molecule has 8 nitrogen and oxygen atoms in total. The number of oxazole rings is 1. The summed E-state index contributed by atoms with van der Waals surface area (Å²) in [5.41, 5.74) is 1.54. The molecule has 9 heteroatoms. The fourth-order valence-electron chi connectivity index (χ4n) is 2.80. The number of para-hydroxylation sites is 2. The Morgan fingerprint density at radius 2 is 1.88 bits per heavy atom. The summed E-state index contributed by atoms with van der Waals surface area (Å²) in [7, 11) is -1.80. The largest absolute Gasteiger partial charge is 0.423 e. The number of benzene rings is 1. The highest BCUT2D eigenvalue weighted by Crippen LogP contribution is 2.24. The van der Waals surface area contributed by atoms with Crippen molar-refractivity contribution in [3.8, 4) is 0 Å². The molecule has 0 bridgehead atoms. The number of aromatic nitrogens is 3. The fraction of sp³-hybridized carbons (Fsp3) is 0.333. The van der Waals surface area contributed by atoms with E-state index in [0.29, 0.717) is 32.2 Å². The standard InChI is InChI=1S/C15H17N5O3S/c1-18-11-12(10-16-18)24(21,22)20-8-6-19(7-9-20)15-17-13-4-2-3-5-14(13)23-15/h2-5,10-11H,6-9H2,1H3. The number of sulfonamides is 1. The van der Waals surface area contributed by atoms with Gasteiger partial charge in [0.2, 0.25) is 10.0 Å². The van der Waals surface area contributed by atoms with Crippen molar-refractivity contribution >= 4 is 27.1 Å². The van der Waals surface area contributed by atoms with Gasteiger partial charge in [-0.3, -0.25) is 4.68 Å². The van der Waals surface area contributed by atoms with Gasteiger partial charge in [-0.05, 0) is 12.1 Å². The molecule has 0 aliphatic carbocycles. The maximum atomic E-state index is 12.6. The van der Waals surface area contributed by atoms with Crippen LogP contribution in [-0.2, 0) is 17.1 Å². The highest BCUT2D eigenvalue weighted by molar-refractivity contribution is 7.89. The van der Waals surface area contributed by atoms with Gasteiger partial charge >= 0.3 is 0 Å². The summed E-state index contributed by atoms with van der Waals surface area (Å²) in [4.78, 5) is 6.65. The Hall–Kier alpha value is -2.39. The van der Waals surface area contributed by atoms with Gasteiger partial charge in [-0.25, -0.2) is 8.42 Å². The van der Waals surface area contributed by atoms with Gasteiger partial charge in [0.25, 0.3) is 6.01 Å². The van der Waals surface area contributed by atoms with Crippen LogP contribution < -0.4 is 4.90 Å². The van der Waals surface area contributed by atoms with E-state index in [1.807, 2.05) is 29.2 Å². The minimum Gasteiger partial charge on any atom is -0.423 e. The van der Waals surface area contributed by atoms with Crippen LogP contribution in [0.2, 0.25) is 0 Å². The van der Waals surface area contributed by atoms with Gasteiger partial charge in [-0.1, -0.05) is 12.1 Å². The zero-order valence-corrected chi connectivity index (χ0v) is 14.0. The normalized spacial score (nSPS) is 16.8. The summed E-state index contributed by atoms with van der Waals surface area (Å²) in [5.74, 6) is 0. The molecule has 24 heavy (non-hydrogen) atoms. The summed E-state index contributed by atoms with van der Waals surface area (Å²) in [5, 5.41) is 3.94. The van der Waals surface area contributed by atoms with Crippen molar-refractivity contribution in [3.05, 3.63) is 36.7 Å². The molecular formula is C15H17N5O3S. The molecule has 0 unspecified atom stereocenters. The van der Waals surface area contributed by atoms with Crippen molar-refractivity contribution in [2.24, 2.45) is 7.05 Å². The average molecular weight is 347 g/mol. The molecule has 0 amide bonds. The maximum absolute atomic E-state index is 12.6. The first-order valence-corrected chi connectivity index (χ1v) is 9.07. The summed E-state index contributed by atoms with van der Waals surface area (Å²) in [6, 6.07) is 8.11. The second kappa shape index (κ2) is 5.60. The fourth-order valence-corrected chi connectivity index (χ4v) is 4.20. The molecule has 1 aromatic carbocycles. The van der Waals surface area contributed by atoms with E-state index < -0.39 is 10.0 Å². The van der Waals surface area contributed by atoms with Crippen LogP contribution in [0.3, 0.4) is 0 Å². The first-order valence-electron chi connectivity index (χ1n) is 7.63. The summed E-state index contributed by atoms with van der Waals surface area (Å²) >= 11 is 0. The van der Waals surface area contributed by atoms with E-state index in [1.54, 1.807) is 7.05 Å². The first-order chi connectivity index (χ1) is 11.5. The number of hydrogen-bond donors (Lipinski definition) is 0. The van der Waals surface area contributed by atoms with E-state index in [2.05, 4.69) is 10.1 Å². The SMILES string of the molecule is Cn1cc(S(=O)(=O)N2CCN(c3nc4ccccc4o3)CC2)cn1. The number of fused-ring (bicyclic) bond motifs is 1. The Morgan fingerprint density at radius 3 is 2.54 bits per heavy atom. The minimum atomic E-state index is -3.50. The summed E-state index contributed by atoms with van der Waals surface area (Å²) in [6.07, 6.45) is 2.89. The zero-order valence-electron chi connectivity index (χ0n) is 13.2. The van der Waals surface area contributed by atoms with E-state index >= 15 is 0 Å². The van der Waals surface area contributed by atoms with E-state index in [4.69, 9.17) is 4.42 Å². The van der Waals surface area contributed by atoms with E-state index in [9.17, 15) is 8.42 Å². The minimum absolute atomic E-state index is 0.223. The third-order valence-electron chi connectivity index (χ3n) is 4.11. The predicted molar refractivity (Wildman–Crippen MR) is 88.2 cm³/mol. The van der Waals surface area contributed by atoms with Crippen molar-refractivity contribution in [2.45, 2.75) is 4.90 Å². The molecule has 1 aliphatic heterocycles. The third-order valence-corrected chi connectivity index (χ3v) is 5.96. The molecule has 3 heterocycles. The lowest BCUT2D eigenvalue weighted by Gasteiger charge is -2.32. The van der Waals surface area contributed by atoms with Gasteiger partial charge in [-0.2, -0.15) is 14.4 Å². The van der Waals surface area contributed by atoms with Crippen LogP contribution in [0.1, 0.15) is 0 Å². The molecule has 4 rings (SSSR count). The second-order valence-electron chi connectivity index (χ2n) is 5.71. The predicted octanol–water partition coefficient (Wildman–Crippen LogP) is 1.07. The molecule has 0 radical (unpaired) electrons. The molecule has 3 aromatic rings. The number of anilines is 1. The highest BCUT2D eigenvalue weighted by Gasteiger charge is 2.30. The van der Waals surface area contributed by atoms with E-state index in [-0.39, 0.29) is 4.90 Å². The molecule has 0 N–H and O–H groups in total. The van der Waals surface area contributed by atoms with E-state index in [1.165, 1.54) is 21.4 Å². The van der Waals surface area contributed by atoms with Crippen molar-refractivity contribution in [1.82, 2.24) is 19.1 Å². The van der Waals surface area contributed by atoms with Crippen LogP contribution in [0.4, 0.5) is 6.01 Å². The maximum Gasteiger partial charge on any atom is 0.298 e. The number of hydrogen-bond acceptors (Lipinski definition) is 6. The van der Waals surface area contributed by atoms with Crippen molar-refractivity contribution in [3.63, 3.8) is 0 Å². The van der Waals surface area contributed by atoms with Crippen LogP contribution in [-0.4, -0.2) is 53.7 Å². The highest BCUT2D eigenvalue weighted by atomic mass is 32.2. The average Bonchev–Trinajstić information content (AvgIpc) is 3.21. The first kappa shape index (κ1) is 15.2. The summed E-state index contributed by atoms with van der Waals surface area (Å²) in [6.45, 7) is 1.84. The van der Waals surface area contributed by atoms with Gasteiger partial charge in [0.05, 0.1) is 6.20 Å². The third kappa shape index (κ3) is 2.55. The van der Waals surface area contributed by atoms with Gasteiger partial charge < -0.3 is 9.32 Å². The van der Waals surface area contributed by atoms with Crippen LogP contribution >= 0.6 is 0 Å². The van der Waals surface area contributed by atoms with Crippen LogP contribution in [0.25, 0.3) is 11.1 Å². The number of nitrogens with zero attached hydrogens (tertiary/aromatic N) is 5. The molecular weight excluding hydrogens is 330 g/mol. The lowest BCUT2D eigenvalue weighted by Crippen LogP contribution is -2.48. The van der Waals surface area contributed by atoms with Crippen LogP contribution in [0, 0.1) is 0 Å². The molecule has 1 aliphatic rings. The van der Waals surface area contributed by atoms with E-state index in [0.717, 1.165) is 11.1 Å². The Kier molecular flexibility index (Phi) is 3.54. The molecule has 1 saturated heterocycles. The quantitative estimate of drug-likeness (QED) is 0.705. The lowest BCUT2D eigenvalue weighted by atomic mass is 10.3. The van der Waals surface area contributed by atoms with Crippen LogP contribution in [0.15, 0.2) is 46.0 Å². The number of piperazine rings is 1. The topological polar surface area (TPSA) is 84.5 Å².